The van der Waals surface area contributed by atoms with Gasteiger partial charge in [0.15, 0.2) is 0 Å². The summed E-state index contributed by atoms with van der Waals surface area (Å²) in [6.07, 6.45) is 3.16. The Kier molecular flexibility index (Phi) is 5.65. The molecule has 0 bridgehead atoms. The first kappa shape index (κ1) is 16.6. The lowest BCUT2D eigenvalue weighted by Crippen LogP contribution is -2.41. The lowest BCUT2D eigenvalue weighted by Gasteiger charge is -2.20. The fourth-order valence-electron chi connectivity index (χ4n) is 2.63. The van der Waals surface area contributed by atoms with E-state index in [-0.39, 0.29) is 17.6 Å². The van der Waals surface area contributed by atoms with Crippen molar-refractivity contribution in [1.29, 1.82) is 0 Å². The average Bonchev–Trinajstić information content (AvgIpc) is 2.88. The van der Waals surface area contributed by atoms with Crippen LogP contribution in [0.15, 0.2) is 18.2 Å². The van der Waals surface area contributed by atoms with Gasteiger partial charge in [0.25, 0.3) is 5.91 Å². The van der Waals surface area contributed by atoms with Crippen molar-refractivity contribution in [3.8, 4) is 0 Å². The van der Waals surface area contributed by atoms with Crippen LogP contribution < -0.4 is 16.4 Å². The predicted octanol–water partition coefficient (Wildman–Crippen LogP) is 2.72. The maximum atomic E-state index is 13.4. The number of benzene rings is 1. The molecule has 1 aliphatic carbocycles. The molecule has 2 unspecified atom stereocenters. The molecule has 5 nitrogen and oxygen atoms in total. The molecule has 0 spiro atoms. The standard InChI is InChI=1S/C15H20FN3O2S/c1-2-22-13-5-3-4-12(13)19-15(21)18-9-6-7-11(16)10(8-9)14(17)20/h6-8,12-13H,2-5H2,1H3,(H2,17,20)(H2,18,19,21). The fraction of sp³-hybridized carbons (Fsp3) is 0.467. The van der Waals surface area contributed by atoms with Crippen LogP contribution in [0.4, 0.5) is 14.9 Å². The molecule has 0 saturated heterocycles. The number of nitrogens with one attached hydrogen (secondary N) is 2. The summed E-state index contributed by atoms with van der Waals surface area (Å²) < 4.78 is 13.4. The zero-order valence-electron chi connectivity index (χ0n) is 12.4. The highest BCUT2D eigenvalue weighted by Gasteiger charge is 2.28. The molecule has 4 N–H and O–H groups in total. The van der Waals surface area contributed by atoms with Crippen molar-refractivity contribution in [3.05, 3.63) is 29.6 Å². The van der Waals surface area contributed by atoms with Crippen molar-refractivity contribution in [2.45, 2.75) is 37.5 Å². The highest BCUT2D eigenvalue weighted by molar-refractivity contribution is 7.99. The van der Waals surface area contributed by atoms with Gasteiger partial charge in [0.1, 0.15) is 5.82 Å². The van der Waals surface area contributed by atoms with Crippen molar-refractivity contribution < 1.29 is 14.0 Å². The Morgan fingerprint density at radius 2 is 2.18 bits per heavy atom. The summed E-state index contributed by atoms with van der Waals surface area (Å²) in [4.78, 5) is 23.1. The summed E-state index contributed by atoms with van der Waals surface area (Å²) in [6, 6.07) is 3.54. The van der Waals surface area contributed by atoms with Crippen LogP contribution in [0.2, 0.25) is 0 Å². The quantitative estimate of drug-likeness (QED) is 0.778. The van der Waals surface area contributed by atoms with Crippen LogP contribution in [-0.4, -0.2) is 29.0 Å². The molecule has 120 valence electrons. The Morgan fingerprint density at radius 3 is 2.86 bits per heavy atom. The molecule has 1 aromatic rings. The van der Waals surface area contributed by atoms with E-state index >= 15 is 0 Å². The monoisotopic (exact) mass is 325 g/mol. The normalized spacial score (nSPS) is 20.6. The van der Waals surface area contributed by atoms with Gasteiger partial charge in [0, 0.05) is 17.0 Å². The number of primary amides is 1. The summed E-state index contributed by atoms with van der Waals surface area (Å²) in [5, 5.41) is 6.00. The minimum Gasteiger partial charge on any atom is -0.366 e. The summed E-state index contributed by atoms with van der Waals surface area (Å²) in [5.74, 6) is -0.546. The molecule has 2 atom stereocenters. The van der Waals surface area contributed by atoms with E-state index in [4.69, 9.17) is 5.73 Å². The number of nitrogens with two attached hydrogens (primary N) is 1. The van der Waals surface area contributed by atoms with Crippen LogP contribution in [0, 0.1) is 5.82 Å². The summed E-state index contributed by atoms with van der Waals surface area (Å²) >= 11 is 1.85. The Bertz CT molecular complexity index is 568. The van der Waals surface area contributed by atoms with Crippen molar-refractivity contribution in [2.75, 3.05) is 11.1 Å². The highest BCUT2D eigenvalue weighted by atomic mass is 32.2. The van der Waals surface area contributed by atoms with Gasteiger partial charge < -0.3 is 16.4 Å². The summed E-state index contributed by atoms with van der Waals surface area (Å²) in [6.45, 7) is 2.10. The van der Waals surface area contributed by atoms with Gasteiger partial charge in [-0.2, -0.15) is 11.8 Å². The zero-order chi connectivity index (χ0) is 16.1. The molecule has 22 heavy (non-hydrogen) atoms. The van der Waals surface area contributed by atoms with Crippen LogP contribution in [0.1, 0.15) is 36.5 Å². The van der Waals surface area contributed by atoms with Crippen molar-refractivity contribution in [1.82, 2.24) is 5.32 Å². The lowest BCUT2D eigenvalue weighted by molar-refractivity contribution is 0.0996. The molecule has 7 heteroatoms. The molecule has 1 saturated carbocycles. The van der Waals surface area contributed by atoms with E-state index in [1.165, 1.54) is 12.1 Å². The van der Waals surface area contributed by atoms with Crippen LogP contribution >= 0.6 is 11.8 Å². The molecule has 1 fully saturated rings. The van der Waals surface area contributed by atoms with Gasteiger partial charge in [0.2, 0.25) is 0 Å². The maximum absolute atomic E-state index is 13.4. The predicted molar refractivity (Wildman–Crippen MR) is 86.6 cm³/mol. The number of rotatable bonds is 5. The smallest absolute Gasteiger partial charge is 0.319 e. The third-order valence-corrected chi connectivity index (χ3v) is 4.97. The first-order valence-corrected chi connectivity index (χ1v) is 8.34. The van der Waals surface area contributed by atoms with E-state index in [1.54, 1.807) is 0 Å². The third-order valence-electron chi connectivity index (χ3n) is 3.64. The van der Waals surface area contributed by atoms with Crippen LogP contribution in [0.25, 0.3) is 0 Å². The topological polar surface area (TPSA) is 84.2 Å². The fourth-order valence-corrected chi connectivity index (χ4v) is 3.83. The second-order valence-electron chi connectivity index (χ2n) is 5.19. The number of halogens is 1. The van der Waals surface area contributed by atoms with Gasteiger partial charge in [-0.15, -0.1) is 0 Å². The van der Waals surface area contributed by atoms with E-state index in [2.05, 4.69) is 17.6 Å². The van der Waals surface area contributed by atoms with Crippen LogP contribution in [0.3, 0.4) is 0 Å². The minimum atomic E-state index is -0.864. The molecule has 0 heterocycles. The summed E-state index contributed by atoms with van der Waals surface area (Å²) in [5.41, 5.74) is 5.19. The van der Waals surface area contributed by atoms with Crippen molar-refractivity contribution in [3.63, 3.8) is 0 Å². The number of thioether (sulfide) groups is 1. The van der Waals surface area contributed by atoms with Crippen molar-refractivity contribution in [2.24, 2.45) is 5.73 Å². The highest BCUT2D eigenvalue weighted by Crippen LogP contribution is 2.29. The van der Waals surface area contributed by atoms with Crippen molar-refractivity contribution >= 4 is 29.4 Å². The number of hydrogen-bond donors (Lipinski definition) is 3. The number of hydrogen-bond acceptors (Lipinski definition) is 3. The molecular weight excluding hydrogens is 305 g/mol. The first-order chi connectivity index (χ1) is 10.5. The van der Waals surface area contributed by atoms with E-state index in [0.717, 1.165) is 31.1 Å². The van der Waals surface area contributed by atoms with E-state index in [0.29, 0.717) is 10.9 Å². The first-order valence-electron chi connectivity index (χ1n) is 7.29. The number of carbonyl (C=O) groups excluding carboxylic acids is 2. The van der Waals surface area contributed by atoms with Gasteiger partial charge in [0.05, 0.1) is 5.56 Å². The lowest BCUT2D eigenvalue weighted by atomic mass is 10.2. The van der Waals surface area contributed by atoms with Crippen LogP contribution in [-0.2, 0) is 0 Å². The molecule has 0 aromatic heterocycles. The number of urea groups is 1. The largest absolute Gasteiger partial charge is 0.366 e. The van der Waals surface area contributed by atoms with E-state index < -0.39 is 11.7 Å². The Balaban J connectivity index is 1.97. The Labute approximate surface area is 133 Å². The van der Waals surface area contributed by atoms with E-state index in [1.807, 2.05) is 11.8 Å². The summed E-state index contributed by atoms with van der Waals surface area (Å²) in [7, 11) is 0. The molecule has 2 rings (SSSR count). The Morgan fingerprint density at radius 1 is 1.41 bits per heavy atom. The minimum absolute atomic E-state index is 0.140. The second-order valence-corrected chi connectivity index (χ2v) is 6.70. The van der Waals surface area contributed by atoms with Gasteiger partial charge in [-0.05, 0) is 36.8 Å². The molecular formula is C15H20FN3O2S. The van der Waals surface area contributed by atoms with Gasteiger partial charge >= 0.3 is 6.03 Å². The second kappa shape index (κ2) is 7.49. The number of amides is 3. The van der Waals surface area contributed by atoms with E-state index in [9.17, 15) is 14.0 Å². The average molecular weight is 325 g/mol. The Hall–Kier alpha value is -1.76. The van der Waals surface area contributed by atoms with Gasteiger partial charge in [-0.3, -0.25) is 4.79 Å². The maximum Gasteiger partial charge on any atom is 0.319 e. The molecule has 1 aromatic carbocycles. The van der Waals surface area contributed by atoms with Gasteiger partial charge in [-0.25, -0.2) is 9.18 Å². The van der Waals surface area contributed by atoms with Crippen LogP contribution in [0.5, 0.6) is 0 Å². The molecule has 1 aliphatic rings. The van der Waals surface area contributed by atoms with Gasteiger partial charge in [-0.1, -0.05) is 13.3 Å². The molecule has 3 amide bonds. The molecule has 0 aliphatic heterocycles. The number of carbonyl (C=O) groups is 2. The molecule has 0 radical (unpaired) electrons. The SMILES string of the molecule is CCSC1CCCC1NC(=O)Nc1ccc(F)c(C(N)=O)c1. The third kappa shape index (κ3) is 4.13. The zero-order valence-corrected chi connectivity index (χ0v) is 13.2. The number of anilines is 1.